The molecule has 2 amide bonds. The first kappa shape index (κ1) is 17.8. The normalized spacial score (nSPS) is 21.1. The Hall–Kier alpha value is -2.63. The molecule has 1 fully saturated rings. The van der Waals surface area contributed by atoms with E-state index in [1.54, 1.807) is 28.8 Å². The number of aromatic nitrogens is 1. The van der Waals surface area contributed by atoms with Crippen LogP contribution in [0.5, 0.6) is 0 Å². The highest BCUT2D eigenvalue weighted by molar-refractivity contribution is 5.75. The molecular formula is C21H24FN3O2. The molecule has 2 unspecified atom stereocenters. The van der Waals surface area contributed by atoms with E-state index in [2.05, 4.69) is 5.32 Å². The molecule has 3 heterocycles. The number of piperidine rings is 1. The maximum Gasteiger partial charge on any atom is 0.317 e. The van der Waals surface area contributed by atoms with Gasteiger partial charge in [-0.15, -0.1) is 0 Å². The van der Waals surface area contributed by atoms with Crippen LogP contribution in [0.2, 0.25) is 0 Å². The van der Waals surface area contributed by atoms with Crippen molar-refractivity contribution in [2.75, 3.05) is 13.1 Å². The summed E-state index contributed by atoms with van der Waals surface area (Å²) in [5.74, 6) is -0.0343. The second kappa shape index (κ2) is 6.83. The van der Waals surface area contributed by atoms with E-state index in [0.29, 0.717) is 25.2 Å². The first-order valence-corrected chi connectivity index (χ1v) is 9.48. The van der Waals surface area contributed by atoms with Crippen LogP contribution in [0.25, 0.3) is 11.1 Å². The third-order valence-corrected chi connectivity index (χ3v) is 5.45. The van der Waals surface area contributed by atoms with Gasteiger partial charge in [-0.1, -0.05) is 18.2 Å². The Balaban J connectivity index is 1.76. The van der Waals surface area contributed by atoms with Gasteiger partial charge in [-0.3, -0.25) is 4.79 Å². The van der Waals surface area contributed by atoms with Crippen LogP contribution in [0, 0.1) is 11.7 Å². The van der Waals surface area contributed by atoms with Crippen molar-refractivity contribution in [1.82, 2.24) is 14.8 Å². The number of hydrogen-bond acceptors (Lipinski definition) is 2. The van der Waals surface area contributed by atoms with E-state index in [9.17, 15) is 14.0 Å². The van der Waals surface area contributed by atoms with Crippen molar-refractivity contribution in [2.24, 2.45) is 5.92 Å². The molecule has 2 aromatic rings. The summed E-state index contributed by atoms with van der Waals surface area (Å²) in [5, 5.41) is 2.95. The minimum atomic E-state index is -0.300. The molecule has 4 rings (SSSR count). The number of pyridine rings is 1. The molecule has 0 saturated carbocycles. The zero-order chi connectivity index (χ0) is 19.1. The quantitative estimate of drug-likeness (QED) is 0.884. The number of nitrogens with zero attached hydrogens (tertiary/aromatic N) is 2. The van der Waals surface area contributed by atoms with Gasteiger partial charge in [0.25, 0.3) is 5.56 Å². The molecule has 0 spiro atoms. The maximum atomic E-state index is 14.5. The first-order chi connectivity index (χ1) is 12.9. The standard InChI is InChI=1S/C21H24FN3O2/c1-13(2)23-21(27)24-10-14-9-15(12-24)20-17(7-8-19(26)25(20)11-14)16-5-3-4-6-18(16)22/h3-8,13-15H,9-12H2,1-2H3,(H,23,27). The minimum absolute atomic E-state index is 0.0268. The van der Waals surface area contributed by atoms with Crippen molar-refractivity contribution in [1.29, 1.82) is 0 Å². The van der Waals surface area contributed by atoms with Crippen LogP contribution < -0.4 is 10.9 Å². The Morgan fingerprint density at radius 1 is 1.11 bits per heavy atom. The highest BCUT2D eigenvalue weighted by Gasteiger charge is 2.38. The number of halogens is 1. The van der Waals surface area contributed by atoms with Crippen LogP contribution in [-0.4, -0.2) is 34.6 Å². The van der Waals surface area contributed by atoms with Crippen molar-refractivity contribution < 1.29 is 9.18 Å². The third kappa shape index (κ3) is 3.24. The van der Waals surface area contributed by atoms with E-state index in [1.807, 2.05) is 18.7 Å². The topological polar surface area (TPSA) is 54.3 Å². The van der Waals surface area contributed by atoms with E-state index in [-0.39, 0.29) is 35.3 Å². The predicted molar refractivity (Wildman–Crippen MR) is 102 cm³/mol. The average molecular weight is 369 g/mol. The first-order valence-electron chi connectivity index (χ1n) is 9.48. The van der Waals surface area contributed by atoms with Gasteiger partial charge in [0.1, 0.15) is 5.82 Å². The van der Waals surface area contributed by atoms with Crippen molar-refractivity contribution in [2.45, 2.75) is 38.8 Å². The molecule has 1 N–H and O–H groups in total. The largest absolute Gasteiger partial charge is 0.336 e. The van der Waals surface area contributed by atoms with Crippen LogP contribution >= 0.6 is 0 Å². The zero-order valence-electron chi connectivity index (χ0n) is 15.6. The molecule has 6 heteroatoms. The summed E-state index contributed by atoms with van der Waals surface area (Å²) in [4.78, 5) is 26.9. The number of hydrogen-bond donors (Lipinski definition) is 1. The van der Waals surface area contributed by atoms with Crippen LogP contribution in [0.4, 0.5) is 9.18 Å². The number of nitrogens with one attached hydrogen (secondary N) is 1. The number of fused-ring (bicyclic) bond motifs is 4. The Morgan fingerprint density at radius 3 is 2.63 bits per heavy atom. The summed E-state index contributed by atoms with van der Waals surface area (Å²) in [6.07, 6.45) is 0.913. The molecule has 1 aromatic carbocycles. The molecule has 0 aliphatic carbocycles. The molecule has 2 aliphatic rings. The Labute approximate surface area is 157 Å². The molecule has 142 valence electrons. The molecule has 1 saturated heterocycles. The van der Waals surface area contributed by atoms with Gasteiger partial charge in [-0.2, -0.15) is 0 Å². The van der Waals surface area contributed by atoms with Crippen molar-refractivity contribution in [3.05, 3.63) is 58.3 Å². The lowest BCUT2D eigenvalue weighted by Gasteiger charge is -2.43. The fraction of sp³-hybridized carbons (Fsp3) is 0.429. The van der Waals surface area contributed by atoms with Gasteiger partial charge in [0.15, 0.2) is 0 Å². The predicted octanol–water partition coefficient (Wildman–Crippen LogP) is 3.19. The smallest absolute Gasteiger partial charge is 0.317 e. The molecule has 0 radical (unpaired) electrons. The van der Waals surface area contributed by atoms with Crippen LogP contribution in [0.1, 0.15) is 31.9 Å². The number of carbonyl (C=O) groups is 1. The lowest BCUT2D eigenvalue weighted by Crippen LogP contribution is -2.53. The van der Waals surface area contributed by atoms with E-state index in [4.69, 9.17) is 0 Å². The summed E-state index contributed by atoms with van der Waals surface area (Å²) in [7, 11) is 0. The van der Waals surface area contributed by atoms with Gasteiger partial charge in [-0.25, -0.2) is 9.18 Å². The van der Waals surface area contributed by atoms with Crippen LogP contribution in [0.15, 0.2) is 41.2 Å². The third-order valence-electron chi connectivity index (χ3n) is 5.45. The number of likely N-dealkylation sites (tertiary alicyclic amines) is 1. The molecule has 2 aliphatic heterocycles. The van der Waals surface area contributed by atoms with Gasteiger partial charge in [-0.05, 0) is 38.3 Å². The highest BCUT2D eigenvalue weighted by atomic mass is 19.1. The fourth-order valence-electron chi connectivity index (χ4n) is 4.43. The van der Waals surface area contributed by atoms with E-state index < -0.39 is 0 Å². The van der Waals surface area contributed by atoms with Gasteiger partial charge in [0.05, 0.1) is 0 Å². The highest BCUT2D eigenvalue weighted by Crippen LogP contribution is 2.40. The van der Waals surface area contributed by atoms with Gasteiger partial charge in [0.2, 0.25) is 0 Å². The van der Waals surface area contributed by atoms with Gasteiger partial charge < -0.3 is 14.8 Å². The maximum absolute atomic E-state index is 14.5. The van der Waals surface area contributed by atoms with E-state index in [1.165, 1.54) is 12.1 Å². The van der Waals surface area contributed by atoms with E-state index in [0.717, 1.165) is 17.7 Å². The summed E-state index contributed by atoms with van der Waals surface area (Å²) in [6.45, 7) is 5.63. The van der Waals surface area contributed by atoms with Gasteiger partial charge in [0, 0.05) is 54.5 Å². The molecule has 5 nitrogen and oxygen atoms in total. The molecule has 27 heavy (non-hydrogen) atoms. The van der Waals surface area contributed by atoms with Crippen molar-refractivity contribution in [3.8, 4) is 11.1 Å². The summed E-state index contributed by atoms with van der Waals surface area (Å²) in [5.41, 5.74) is 2.05. The van der Waals surface area contributed by atoms with Gasteiger partial charge >= 0.3 is 6.03 Å². The lowest BCUT2D eigenvalue weighted by atomic mass is 9.80. The second-order valence-electron chi connectivity index (χ2n) is 7.87. The monoisotopic (exact) mass is 369 g/mol. The summed E-state index contributed by atoms with van der Waals surface area (Å²) in [6, 6.07) is 9.89. The fourth-order valence-corrected chi connectivity index (χ4v) is 4.43. The summed E-state index contributed by atoms with van der Waals surface area (Å²) >= 11 is 0. The molecular weight excluding hydrogens is 345 g/mol. The Bertz CT molecular complexity index is 937. The lowest BCUT2D eigenvalue weighted by molar-refractivity contribution is 0.130. The zero-order valence-corrected chi connectivity index (χ0v) is 15.6. The molecule has 2 bridgehead atoms. The Morgan fingerprint density at radius 2 is 1.89 bits per heavy atom. The van der Waals surface area contributed by atoms with E-state index >= 15 is 0 Å². The molecule has 2 atom stereocenters. The Kier molecular flexibility index (Phi) is 4.50. The minimum Gasteiger partial charge on any atom is -0.336 e. The van der Waals surface area contributed by atoms with Crippen LogP contribution in [0.3, 0.4) is 0 Å². The van der Waals surface area contributed by atoms with Crippen molar-refractivity contribution >= 4 is 6.03 Å². The summed E-state index contributed by atoms with van der Waals surface area (Å²) < 4.78 is 16.2. The number of urea groups is 1. The SMILES string of the molecule is CC(C)NC(=O)N1CC2CC(C1)c1c(-c3ccccc3F)ccc(=O)n1C2. The van der Waals surface area contributed by atoms with Crippen LogP contribution in [-0.2, 0) is 6.54 Å². The average Bonchev–Trinajstić information content (AvgIpc) is 2.62. The number of carbonyl (C=O) groups excluding carboxylic acids is 1. The number of amides is 2. The molecule has 1 aromatic heterocycles. The number of benzene rings is 1. The second-order valence-corrected chi connectivity index (χ2v) is 7.87. The number of rotatable bonds is 2. The van der Waals surface area contributed by atoms with Crippen molar-refractivity contribution in [3.63, 3.8) is 0 Å².